The molecule has 0 amide bonds. The third-order valence-electron chi connectivity index (χ3n) is 7.23. The van der Waals surface area contributed by atoms with Crippen molar-refractivity contribution in [3.8, 4) is 11.4 Å². The van der Waals surface area contributed by atoms with Crippen LogP contribution in [-0.2, 0) is 11.8 Å². The molecule has 0 saturated carbocycles. The Morgan fingerprint density at radius 1 is 1.15 bits per heavy atom. The highest BCUT2D eigenvalue weighted by Crippen LogP contribution is 2.39. The van der Waals surface area contributed by atoms with E-state index in [1.165, 1.54) is 11.9 Å². The van der Waals surface area contributed by atoms with Crippen molar-refractivity contribution in [2.24, 2.45) is 7.05 Å². The first kappa shape index (κ1) is 29.6. The van der Waals surface area contributed by atoms with Crippen LogP contribution in [-0.4, -0.2) is 76.8 Å². The lowest BCUT2D eigenvalue weighted by Gasteiger charge is -2.22. The number of hydrogen-bond acceptors (Lipinski definition) is 9. The van der Waals surface area contributed by atoms with E-state index >= 15 is 0 Å². The molecular weight excluding hydrogens is 520 g/mol. The molecule has 0 atom stereocenters. The minimum atomic E-state index is -0.352. The van der Waals surface area contributed by atoms with Gasteiger partial charge in [0.15, 0.2) is 5.82 Å². The molecule has 0 aliphatic carbocycles. The van der Waals surface area contributed by atoms with Crippen LogP contribution >= 0.6 is 0 Å². The van der Waals surface area contributed by atoms with Crippen LogP contribution in [0, 0.1) is 17.0 Å². The molecule has 0 unspecified atom stereocenters. The number of ether oxygens (including phenoxy) is 1. The molecule has 11 nitrogen and oxygen atoms in total. The molecule has 5 rings (SSSR count). The fraction of sp³-hybridized carbons (Fsp3) is 0.367. The van der Waals surface area contributed by atoms with Gasteiger partial charge in [0.2, 0.25) is 5.95 Å². The largest absolute Gasteiger partial charge is 0.377 e. The Bertz CT molecular complexity index is 1590. The average molecular weight is 559 g/mol. The number of rotatable bonds is 9. The first-order valence-corrected chi connectivity index (χ1v) is 13.2. The van der Waals surface area contributed by atoms with Gasteiger partial charge in [-0.15, -0.1) is 0 Å². The van der Waals surface area contributed by atoms with Gasteiger partial charge in [-0.1, -0.05) is 31.7 Å². The van der Waals surface area contributed by atoms with E-state index in [1.54, 1.807) is 6.07 Å². The third-order valence-corrected chi connectivity index (χ3v) is 7.23. The maximum Gasteiger partial charge on any atom is 0.294 e. The van der Waals surface area contributed by atoms with Gasteiger partial charge < -0.3 is 24.4 Å². The fourth-order valence-electron chi connectivity index (χ4n) is 5.07. The highest BCUT2D eigenvalue weighted by Gasteiger charge is 2.24. The Morgan fingerprint density at radius 2 is 1.93 bits per heavy atom. The number of nitro benzene ring substituents is 1. The van der Waals surface area contributed by atoms with E-state index in [1.807, 2.05) is 56.1 Å². The molecule has 1 aliphatic heterocycles. The zero-order valence-corrected chi connectivity index (χ0v) is 23.5. The number of hydrogen-bond donors (Lipinski definition) is 1. The average Bonchev–Trinajstić information content (AvgIpc) is 3.25. The van der Waals surface area contributed by atoms with E-state index < -0.39 is 0 Å². The Kier molecular flexibility index (Phi) is 8.99. The molecule has 1 aliphatic rings. The summed E-state index contributed by atoms with van der Waals surface area (Å²) in [7, 11) is 7.88. The molecule has 0 saturated heterocycles. The first-order valence-electron chi connectivity index (χ1n) is 13.2. The summed E-state index contributed by atoms with van der Waals surface area (Å²) in [5.74, 6) is 0.847. The Labute approximate surface area is 240 Å². The van der Waals surface area contributed by atoms with E-state index in [-0.39, 0.29) is 18.0 Å². The molecule has 0 bridgehead atoms. The van der Waals surface area contributed by atoms with Crippen LogP contribution in [0.15, 0.2) is 48.8 Å². The van der Waals surface area contributed by atoms with Crippen LogP contribution in [0.3, 0.4) is 0 Å². The lowest BCUT2D eigenvalue weighted by atomic mass is 10.0. The van der Waals surface area contributed by atoms with E-state index in [9.17, 15) is 10.1 Å². The molecule has 0 radical (unpaired) electrons. The molecule has 11 heteroatoms. The lowest BCUT2D eigenvalue weighted by Crippen LogP contribution is -2.29. The SMILES string of the molecule is C.Cc1cc(N(C)CCN(C)C)c([N+](=O)[O-])cc1Nc1ncnc(-c2c(C3=CCOCC3)n(C)c3ccccc23)n1. The normalized spacial score (nSPS) is 13.2. The smallest absolute Gasteiger partial charge is 0.294 e. The molecule has 2 aromatic carbocycles. The number of nitrogens with one attached hydrogen (secondary N) is 1. The number of para-hydroxylation sites is 1. The molecule has 2 aromatic heterocycles. The monoisotopic (exact) mass is 558 g/mol. The lowest BCUT2D eigenvalue weighted by molar-refractivity contribution is -0.384. The minimum Gasteiger partial charge on any atom is -0.377 e. The van der Waals surface area contributed by atoms with Gasteiger partial charge in [0.25, 0.3) is 5.69 Å². The summed E-state index contributed by atoms with van der Waals surface area (Å²) >= 11 is 0. The van der Waals surface area contributed by atoms with Crippen molar-refractivity contribution in [3.63, 3.8) is 0 Å². The molecule has 4 aromatic rings. The maximum atomic E-state index is 12.0. The third kappa shape index (κ3) is 6.06. The Morgan fingerprint density at radius 3 is 2.63 bits per heavy atom. The van der Waals surface area contributed by atoms with Crippen molar-refractivity contribution in [2.75, 3.05) is 57.7 Å². The number of nitro groups is 1. The number of anilines is 3. The van der Waals surface area contributed by atoms with Gasteiger partial charge in [0, 0.05) is 44.2 Å². The highest BCUT2D eigenvalue weighted by molar-refractivity contribution is 6.01. The second-order valence-corrected chi connectivity index (χ2v) is 10.2. The van der Waals surface area contributed by atoms with Crippen LogP contribution in [0.1, 0.15) is 25.1 Å². The number of aromatic nitrogens is 4. The van der Waals surface area contributed by atoms with E-state index in [4.69, 9.17) is 9.72 Å². The molecule has 216 valence electrons. The van der Waals surface area contributed by atoms with E-state index in [2.05, 4.69) is 45.1 Å². The van der Waals surface area contributed by atoms with Crippen molar-refractivity contribution in [1.29, 1.82) is 0 Å². The van der Waals surface area contributed by atoms with Crippen molar-refractivity contribution >= 4 is 39.5 Å². The fourth-order valence-corrected chi connectivity index (χ4v) is 5.07. The first-order chi connectivity index (χ1) is 19.2. The van der Waals surface area contributed by atoms with Gasteiger partial charge >= 0.3 is 0 Å². The Balaban J connectivity index is 0.00000387. The summed E-state index contributed by atoms with van der Waals surface area (Å²) in [5.41, 5.74) is 6.25. The van der Waals surface area contributed by atoms with Gasteiger partial charge in [0.05, 0.1) is 35.1 Å². The molecule has 0 fully saturated rings. The summed E-state index contributed by atoms with van der Waals surface area (Å²) in [6, 6.07) is 11.6. The second kappa shape index (κ2) is 12.4. The number of aryl methyl sites for hydroxylation is 2. The summed E-state index contributed by atoms with van der Waals surface area (Å²) in [5, 5.41) is 16.3. The minimum absolute atomic E-state index is 0. The second-order valence-electron chi connectivity index (χ2n) is 10.2. The van der Waals surface area contributed by atoms with Gasteiger partial charge in [-0.25, -0.2) is 9.97 Å². The predicted octanol–water partition coefficient (Wildman–Crippen LogP) is 5.43. The van der Waals surface area contributed by atoms with Crippen molar-refractivity contribution in [1.82, 2.24) is 24.4 Å². The molecule has 0 spiro atoms. The van der Waals surface area contributed by atoms with Gasteiger partial charge in [-0.05, 0) is 50.7 Å². The molecule has 3 heterocycles. The maximum absolute atomic E-state index is 12.0. The van der Waals surface area contributed by atoms with Crippen molar-refractivity contribution in [2.45, 2.75) is 20.8 Å². The topological polar surface area (TPSA) is 114 Å². The predicted molar refractivity (Wildman–Crippen MR) is 165 cm³/mol. The van der Waals surface area contributed by atoms with Crippen LogP contribution in [0.25, 0.3) is 27.9 Å². The van der Waals surface area contributed by atoms with Crippen molar-refractivity contribution in [3.05, 3.63) is 70.2 Å². The molecule has 41 heavy (non-hydrogen) atoms. The zero-order valence-electron chi connectivity index (χ0n) is 23.5. The van der Waals surface area contributed by atoms with Gasteiger partial charge in [-0.3, -0.25) is 10.1 Å². The zero-order chi connectivity index (χ0) is 28.4. The highest BCUT2D eigenvalue weighted by atomic mass is 16.6. The van der Waals surface area contributed by atoms with Crippen LogP contribution in [0.2, 0.25) is 0 Å². The quantitative estimate of drug-likeness (QED) is 0.212. The number of likely N-dealkylation sites (N-methyl/N-ethyl adjacent to an activating group) is 2. The van der Waals surface area contributed by atoms with Crippen LogP contribution in [0.4, 0.5) is 23.0 Å². The number of fused-ring (bicyclic) bond motifs is 1. The molecule has 1 N–H and O–H groups in total. The van der Waals surface area contributed by atoms with Gasteiger partial charge in [0.1, 0.15) is 12.0 Å². The summed E-state index contributed by atoms with van der Waals surface area (Å²) in [4.78, 5) is 29.3. The summed E-state index contributed by atoms with van der Waals surface area (Å²) < 4.78 is 7.74. The molecular formula is C30H38N8O3. The summed E-state index contributed by atoms with van der Waals surface area (Å²) in [6.07, 6.45) is 4.38. The number of benzene rings is 2. The summed E-state index contributed by atoms with van der Waals surface area (Å²) in [6.45, 7) is 4.58. The van der Waals surface area contributed by atoms with Crippen LogP contribution < -0.4 is 10.2 Å². The standard InChI is InChI=1S/C29H34N8O3.CH4/c1-19-16-24(35(4)13-12-34(2)3)25(37(38)39)17-22(19)32-29-31-18-30-28(33-29)26-21-8-6-7-9-23(21)36(5)27(26)20-10-14-40-15-11-20;/h6-10,16-18H,11-15H2,1-5H3,(H,30,31,32,33);1H4. The van der Waals surface area contributed by atoms with Crippen LogP contribution in [0.5, 0.6) is 0 Å². The van der Waals surface area contributed by atoms with Crippen molar-refractivity contribution < 1.29 is 9.66 Å². The van der Waals surface area contributed by atoms with Gasteiger partial charge in [-0.2, -0.15) is 4.98 Å². The Hall–Kier alpha value is -4.35. The van der Waals surface area contributed by atoms with E-state index in [0.717, 1.165) is 40.7 Å². The van der Waals surface area contributed by atoms with E-state index in [0.29, 0.717) is 42.9 Å². The number of nitrogens with zero attached hydrogens (tertiary/aromatic N) is 7.